The molecule has 0 radical (unpaired) electrons. The van der Waals surface area contributed by atoms with Gasteiger partial charge in [-0.05, 0) is 51.3 Å². The number of hydrogen-bond acceptors (Lipinski definition) is 4. The smallest absolute Gasteiger partial charge is 0.0410 e. The van der Waals surface area contributed by atoms with E-state index in [4.69, 9.17) is 0 Å². The Bertz CT molecular complexity index is 321. The van der Waals surface area contributed by atoms with Crippen LogP contribution in [0.3, 0.4) is 0 Å². The minimum Gasteiger partial charge on any atom is -0.317 e. The van der Waals surface area contributed by atoms with Gasteiger partial charge in [0.05, 0.1) is 0 Å². The molecule has 1 N–H and O–H groups in total. The van der Waals surface area contributed by atoms with Gasteiger partial charge in [0.2, 0.25) is 0 Å². The fourth-order valence-corrected chi connectivity index (χ4v) is 4.41. The SMILES string of the molecule is CC(c1cccs1)N(C)CCSC1CCNCC1. The third-order valence-corrected chi connectivity index (χ3v) is 6.10. The first-order chi connectivity index (χ1) is 8.77. The lowest BCUT2D eigenvalue weighted by Gasteiger charge is -2.26. The summed E-state index contributed by atoms with van der Waals surface area (Å²) in [5, 5.41) is 6.48. The second kappa shape index (κ2) is 7.53. The van der Waals surface area contributed by atoms with Crippen molar-refractivity contribution in [2.45, 2.75) is 31.1 Å². The van der Waals surface area contributed by atoms with E-state index in [0.29, 0.717) is 6.04 Å². The largest absolute Gasteiger partial charge is 0.317 e. The highest BCUT2D eigenvalue weighted by Crippen LogP contribution is 2.25. The van der Waals surface area contributed by atoms with Crippen LogP contribution in [0.4, 0.5) is 0 Å². The Morgan fingerprint density at radius 3 is 2.94 bits per heavy atom. The maximum atomic E-state index is 3.43. The molecule has 1 aromatic rings. The zero-order chi connectivity index (χ0) is 12.8. The van der Waals surface area contributed by atoms with Crippen molar-refractivity contribution < 1.29 is 0 Å². The van der Waals surface area contributed by atoms with E-state index in [-0.39, 0.29) is 0 Å². The van der Waals surface area contributed by atoms with Crippen LogP contribution in [0.2, 0.25) is 0 Å². The predicted octanol–water partition coefficient (Wildman–Crippen LogP) is 3.23. The molecule has 0 spiro atoms. The van der Waals surface area contributed by atoms with Gasteiger partial charge in [0.25, 0.3) is 0 Å². The normalized spacial score (nSPS) is 19.3. The van der Waals surface area contributed by atoms with Gasteiger partial charge in [-0.15, -0.1) is 11.3 Å². The fourth-order valence-electron chi connectivity index (χ4n) is 2.27. The van der Waals surface area contributed by atoms with Crippen LogP contribution < -0.4 is 5.32 Å². The third-order valence-electron chi connectivity index (χ3n) is 3.70. The molecular weight excluding hydrogens is 260 g/mol. The molecule has 18 heavy (non-hydrogen) atoms. The molecule has 2 nitrogen and oxygen atoms in total. The van der Waals surface area contributed by atoms with Crippen molar-refractivity contribution in [3.8, 4) is 0 Å². The highest BCUT2D eigenvalue weighted by Gasteiger charge is 2.15. The average Bonchev–Trinajstić information content (AvgIpc) is 2.93. The minimum absolute atomic E-state index is 0.554. The summed E-state index contributed by atoms with van der Waals surface area (Å²) in [6.07, 6.45) is 2.68. The van der Waals surface area contributed by atoms with Gasteiger partial charge < -0.3 is 5.32 Å². The van der Waals surface area contributed by atoms with Crippen LogP contribution in [0.15, 0.2) is 17.5 Å². The fraction of sp³-hybridized carbons (Fsp3) is 0.714. The molecule has 2 rings (SSSR count). The Morgan fingerprint density at radius 1 is 1.50 bits per heavy atom. The molecule has 2 heterocycles. The lowest BCUT2D eigenvalue weighted by atomic mass is 10.2. The maximum absolute atomic E-state index is 3.43. The molecule has 1 fully saturated rings. The zero-order valence-corrected chi connectivity index (χ0v) is 13.0. The lowest BCUT2D eigenvalue weighted by Crippen LogP contribution is -2.30. The number of piperidine rings is 1. The van der Waals surface area contributed by atoms with Crippen molar-refractivity contribution in [1.82, 2.24) is 10.2 Å². The molecule has 1 aliphatic rings. The van der Waals surface area contributed by atoms with Gasteiger partial charge in [-0.2, -0.15) is 11.8 Å². The molecule has 0 saturated carbocycles. The summed E-state index contributed by atoms with van der Waals surface area (Å²) in [6, 6.07) is 4.94. The summed E-state index contributed by atoms with van der Waals surface area (Å²) in [7, 11) is 2.24. The number of thiophene rings is 1. The lowest BCUT2D eigenvalue weighted by molar-refractivity contribution is 0.281. The molecule has 0 aliphatic carbocycles. The number of thioether (sulfide) groups is 1. The summed E-state index contributed by atoms with van der Waals surface area (Å²) in [5.74, 6) is 1.26. The zero-order valence-electron chi connectivity index (χ0n) is 11.4. The van der Waals surface area contributed by atoms with Gasteiger partial charge in [-0.25, -0.2) is 0 Å². The molecule has 1 atom stereocenters. The van der Waals surface area contributed by atoms with Crippen LogP contribution in [0.5, 0.6) is 0 Å². The van der Waals surface area contributed by atoms with Crippen LogP contribution in [-0.2, 0) is 0 Å². The third kappa shape index (κ3) is 4.26. The summed E-state index contributed by atoms with van der Waals surface area (Å²) in [5.41, 5.74) is 0. The van der Waals surface area contributed by atoms with E-state index in [9.17, 15) is 0 Å². The Hall–Kier alpha value is -0.0300. The van der Waals surface area contributed by atoms with E-state index in [2.05, 4.69) is 53.5 Å². The van der Waals surface area contributed by atoms with Crippen molar-refractivity contribution in [3.05, 3.63) is 22.4 Å². The van der Waals surface area contributed by atoms with Crippen molar-refractivity contribution >= 4 is 23.1 Å². The summed E-state index contributed by atoms with van der Waals surface area (Å²) >= 11 is 4.03. The Balaban J connectivity index is 1.66. The Morgan fingerprint density at radius 2 is 2.28 bits per heavy atom. The Kier molecular flexibility index (Phi) is 6.02. The van der Waals surface area contributed by atoms with Gasteiger partial charge in [0.1, 0.15) is 0 Å². The number of rotatable bonds is 6. The molecule has 102 valence electrons. The first-order valence-electron chi connectivity index (χ1n) is 6.83. The Labute approximate surface area is 119 Å². The number of nitrogens with one attached hydrogen (secondary N) is 1. The monoisotopic (exact) mass is 284 g/mol. The van der Waals surface area contributed by atoms with Gasteiger partial charge >= 0.3 is 0 Å². The van der Waals surface area contributed by atoms with Gasteiger partial charge in [-0.3, -0.25) is 4.90 Å². The molecule has 0 amide bonds. The maximum Gasteiger partial charge on any atom is 0.0410 e. The molecule has 1 saturated heterocycles. The highest BCUT2D eigenvalue weighted by atomic mass is 32.2. The molecule has 0 bridgehead atoms. The van der Waals surface area contributed by atoms with E-state index in [0.717, 1.165) is 5.25 Å². The van der Waals surface area contributed by atoms with Gasteiger partial charge in [0.15, 0.2) is 0 Å². The van der Waals surface area contributed by atoms with E-state index >= 15 is 0 Å². The van der Waals surface area contributed by atoms with E-state index < -0.39 is 0 Å². The van der Waals surface area contributed by atoms with E-state index in [1.165, 1.54) is 43.1 Å². The molecule has 0 aromatic carbocycles. The average molecular weight is 284 g/mol. The summed E-state index contributed by atoms with van der Waals surface area (Å²) < 4.78 is 0. The molecule has 4 heteroatoms. The van der Waals surface area contributed by atoms with Crippen molar-refractivity contribution in [2.24, 2.45) is 0 Å². The second-order valence-electron chi connectivity index (χ2n) is 4.99. The van der Waals surface area contributed by atoms with Crippen molar-refractivity contribution in [3.63, 3.8) is 0 Å². The van der Waals surface area contributed by atoms with E-state index in [1.54, 1.807) is 0 Å². The quantitative estimate of drug-likeness (QED) is 0.863. The standard InChI is InChI=1S/C14H24N2S2/c1-12(14-4-3-10-18-14)16(2)9-11-17-13-5-7-15-8-6-13/h3-4,10,12-13,15H,5-9,11H2,1-2H3. The molecular formula is C14H24N2S2. The van der Waals surface area contributed by atoms with Crippen LogP contribution in [0, 0.1) is 0 Å². The van der Waals surface area contributed by atoms with Crippen LogP contribution in [-0.4, -0.2) is 42.6 Å². The number of nitrogens with zero attached hydrogens (tertiary/aromatic N) is 1. The topological polar surface area (TPSA) is 15.3 Å². The van der Waals surface area contributed by atoms with Gasteiger partial charge in [0, 0.05) is 28.5 Å². The minimum atomic E-state index is 0.554. The van der Waals surface area contributed by atoms with Crippen LogP contribution in [0.1, 0.15) is 30.7 Å². The van der Waals surface area contributed by atoms with E-state index in [1.807, 2.05) is 11.3 Å². The van der Waals surface area contributed by atoms with Crippen LogP contribution >= 0.6 is 23.1 Å². The first kappa shape index (κ1) is 14.4. The summed E-state index contributed by atoms with van der Waals surface area (Å²) in [6.45, 7) is 5.91. The summed E-state index contributed by atoms with van der Waals surface area (Å²) in [4.78, 5) is 3.95. The molecule has 1 unspecified atom stereocenters. The van der Waals surface area contributed by atoms with Crippen molar-refractivity contribution in [2.75, 3.05) is 32.4 Å². The number of hydrogen-bond donors (Lipinski definition) is 1. The van der Waals surface area contributed by atoms with Crippen molar-refractivity contribution in [1.29, 1.82) is 0 Å². The van der Waals surface area contributed by atoms with Gasteiger partial charge in [-0.1, -0.05) is 6.07 Å². The first-order valence-corrected chi connectivity index (χ1v) is 8.76. The molecule has 1 aromatic heterocycles. The molecule has 1 aliphatic heterocycles. The highest BCUT2D eigenvalue weighted by molar-refractivity contribution is 7.99. The van der Waals surface area contributed by atoms with Crippen LogP contribution in [0.25, 0.3) is 0 Å². The second-order valence-corrected chi connectivity index (χ2v) is 7.38. The predicted molar refractivity (Wildman–Crippen MR) is 83.7 cm³/mol.